The second kappa shape index (κ2) is 6.55. The first-order valence-corrected chi connectivity index (χ1v) is 7.71. The number of nitrogens with one attached hydrogen (secondary N) is 1. The van der Waals surface area contributed by atoms with Crippen molar-refractivity contribution in [1.82, 2.24) is 4.72 Å². The lowest BCUT2D eigenvalue weighted by atomic mass is 10.2. The molecular formula is C14H11F4NO3S. The van der Waals surface area contributed by atoms with Gasteiger partial charge in [0, 0.05) is 6.54 Å². The van der Waals surface area contributed by atoms with E-state index in [1.54, 1.807) is 30.3 Å². The number of sulfonamides is 1. The summed E-state index contributed by atoms with van der Waals surface area (Å²) in [6.07, 6.45) is 0. The minimum atomic E-state index is -4.69. The van der Waals surface area contributed by atoms with Gasteiger partial charge in [0.05, 0.1) is 7.11 Å². The molecule has 0 aliphatic carbocycles. The third-order valence-corrected chi connectivity index (χ3v) is 4.39. The van der Waals surface area contributed by atoms with Crippen LogP contribution in [0.5, 0.6) is 5.75 Å². The number of ether oxygens (including phenoxy) is 1. The highest BCUT2D eigenvalue weighted by molar-refractivity contribution is 7.89. The lowest BCUT2D eigenvalue weighted by molar-refractivity contribution is 0.327. The molecular weight excluding hydrogens is 338 g/mol. The molecule has 0 heterocycles. The fourth-order valence-corrected chi connectivity index (χ4v) is 3.10. The van der Waals surface area contributed by atoms with Crippen molar-refractivity contribution in [3.63, 3.8) is 0 Å². The molecule has 0 aromatic heterocycles. The molecule has 0 fully saturated rings. The molecule has 0 saturated heterocycles. The van der Waals surface area contributed by atoms with Crippen molar-refractivity contribution in [2.45, 2.75) is 11.4 Å². The monoisotopic (exact) mass is 349 g/mol. The molecule has 9 heteroatoms. The van der Waals surface area contributed by atoms with E-state index < -0.39 is 43.9 Å². The summed E-state index contributed by atoms with van der Waals surface area (Å²) in [4.78, 5) is -1.42. The highest BCUT2D eigenvalue weighted by Crippen LogP contribution is 2.33. The van der Waals surface area contributed by atoms with Crippen LogP contribution in [0, 0.1) is 23.3 Å². The zero-order chi connectivity index (χ0) is 17.2. The Bertz CT molecular complexity index is 826. The standard InChI is InChI=1S/C14H11F4NO3S/c1-22-13-11(17)9(15)10(16)12(18)14(13)23(20,21)19-7-8-5-3-2-4-6-8/h2-6,19H,7H2,1H3. The zero-order valence-corrected chi connectivity index (χ0v) is 12.6. The van der Waals surface area contributed by atoms with Crippen molar-refractivity contribution in [3.8, 4) is 5.75 Å². The van der Waals surface area contributed by atoms with E-state index in [0.717, 1.165) is 7.11 Å². The van der Waals surface area contributed by atoms with Crippen LogP contribution < -0.4 is 9.46 Å². The van der Waals surface area contributed by atoms with Crippen LogP contribution in [0.3, 0.4) is 0 Å². The zero-order valence-electron chi connectivity index (χ0n) is 11.7. The SMILES string of the molecule is COc1c(F)c(F)c(F)c(F)c1S(=O)(=O)NCc1ccccc1. The predicted octanol–water partition coefficient (Wildman–Crippen LogP) is 2.73. The maximum Gasteiger partial charge on any atom is 0.247 e. The first kappa shape index (κ1) is 17.2. The smallest absolute Gasteiger partial charge is 0.247 e. The molecule has 0 unspecified atom stereocenters. The van der Waals surface area contributed by atoms with Crippen LogP contribution in [0.15, 0.2) is 35.2 Å². The first-order valence-electron chi connectivity index (χ1n) is 6.23. The van der Waals surface area contributed by atoms with Crippen LogP contribution in [-0.2, 0) is 16.6 Å². The van der Waals surface area contributed by atoms with Gasteiger partial charge in [-0.05, 0) is 5.56 Å². The average molecular weight is 349 g/mol. The molecule has 124 valence electrons. The molecule has 2 rings (SSSR count). The van der Waals surface area contributed by atoms with Crippen LogP contribution in [0.4, 0.5) is 17.6 Å². The van der Waals surface area contributed by atoms with Gasteiger partial charge in [-0.25, -0.2) is 26.3 Å². The van der Waals surface area contributed by atoms with Gasteiger partial charge >= 0.3 is 0 Å². The average Bonchev–Trinajstić information content (AvgIpc) is 2.55. The van der Waals surface area contributed by atoms with E-state index in [4.69, 9.17) is 0 Å². The van der Waals surface area contributed by atoms with E-state index in [1.165, 1.54) is 0 Å². The number of hydrogen-bond acceptors (Lipinski definition) is 3. The molecule has 0 saturated carbocycles. The quantitative estimate of drug-likeness (QED) is 0.513. The van der Waals surface area contributed by atoms with Gasteiger partial charge < -0.3 is 4.74 Å². The van der Waals surface area contributed by atoms with Crippen molar-refractivity contribution >= 4 is 10.0 Å². The Balaban J connectivity index is 2.47. The molecule has 4 nitrogen and oxygen atoms in total. The van der Waals surface area contributed by atoms with E-state index in [1.807, 2.05) is 4.72 Å². The molecule has 2 aromatic rings. The minimum Gasteiger partial charge on any atom is -0.492 e. The van der Waals surface area contributed by atoms with Crippen LogP contribution in [-0.4, -0.2) is 15.5 Å². The van der Waals surface area contributed by atoms with Gasteiger partial charge in [-0.2, -0.15) is 4.39 Å². The van der Waals surface area contributed by atoms with Crippen LogP contribution in [0.25, 0.3) is 0 Å². The molecule has 0 spiro atoms. The lowest BCUT2D eigenvalue weighted by Crippen LogP contribution is -2.26. The number of benzene rings is 2. The summed E-state index contributed by atoms with van der Waals surface area (Å²) in [5.74, 6) is -9.60. The summed E-state index contributed by atoms with van der Waals surface area (Å²) in [5, 5.41) is 0. The van der Waals surface area contributed by atoms with Crippen LogP contribution in [0.1, 0.15) is 5.56 Å². The molecule has 1 N–H and O–H groups in total. The Morgan fingerprint density at radius 1 is 0.957 bits per heavy atom. The maximum absolute atomic E-state index is 13.8. The van der Waals surface area contributed by atoms with Gasteiger partial charge in [0.15, 0.2) is 22.3 Å². The third kappa shape index (κ3) is 3.30. The second-order valence-corrected chi connectivity index (χ2v) is 6.13. The van der Waals surface area contributed by atoms with E-state index >= 15 is 0 Å². The summed E-state index contributed by atoms with van der Waals surface area (Å²) in [5.41, 5.74) is 0.526. The Morgan fingerprint density at radius 2 is 1.52 bits per heavy atom. The summed E-state index contributed by atoms with van der Waals surface area (Å²) in [7, 11) is -3.88. The molecule has 0 aliphatic rings. The summed E-state index contributed by atoms with van der Waals surface area (Å²) >= 11 is 0. The number of methoxy groups -OCH3 is 1. The third-order valence-electron chi connectivity index (χ3n) is 2.97. The molecule has 23 heavy (non-hydrogen) atoms. The normalized spacial score (nSPS) is 11.5. The van der Waals surface area contributed by atoms with E-state index in [0.29, 0.717) is 5.56 Å². The molecule has 0 amide bonds. The predicted molar refractivity (Wildman–Crippen MR) is 73.3 cm³/mol. The lowest BCUT2D eigenvalue weighted by Gasteiger charge is -2.13. The Labute approximate surface area is 129 Å². The number of halogens is 4. The maximum atomic E-state index is 13.8. The van der Waals surface area contributed by atoms with Crippen molar-refractivity contribution in [1.29, 1.82) is 0 Å². The van der Waals surface area contributed by atoms with E-state index in [9.17, 15) is 26.0 Å². The van der Waals surface area contributed by atoms with Gasteiger partial charge in [-0.1, -0.05) is 30.3 Å². The molecule has 0 radical (unpaired) electrons. The molecule has 0 atom stereocenters. The van der Waals surface area contributed by atoms with Crippen LogP contribution in [0.2, 0.25) is 0 Å². The Hall–Kier alpha value is -2.13. The summed E-state index contributed by atoms with van der Waals surface area (Å²) in [6, 6.07) is 8.15. The van der Waals surface area contributed by atoms with Crippen molar-refractivity contribution in [2.75, 3.05) is 7.11 Å². The minimum absolute atomic E-state index is 0.258. The fraction of sp³-hybridized carbons (Fsp3) is 0.143. The van der Waals surface area contributed by atoms with Gasteiger partial charge in [0.2, 0.25) is 21.7 Å². The van der Waals surface area contributed by atoms with E-state index in [2.05, 4.69) is 4.74 Å². The second-order valence-electron chi connectivity index (χ2n) is 4.43. The highest BCUT2D eigenvalue weighted by Gasteiger charge is 2.33. The van der Waals surface area contributed by atoms with Crippen LogP contribution >= 0.6 is 0 Å². The van der Waals surface area contributed by atoms with Gasteiger partial charge in [-0.3, -0.25) is 0 Å². The highest BCUT2D eigenvalue weighted by atomic mass is 32.2. The van der Waals surface area contributed by atoms with Crippen molar-refractivity contribution < 1.29 is 30.7 Å². The number of rotatable bonds is 5. The van der Waals surface area contributed by atoms with Crippen molar-refractivity contribution in [2.24, 2.45) is 0 Å². The summed E-state index contributed by atoms with van der Waals surface area (Å²) < 4.78 is 84.6. The van der Waals surface area contributed by atoms with Gasteiger partial charge in [0.1, 0.15) is 0 Å². The van der Waals surface area contributed by atoms with Gasteiger partial charge in [0.25, 0.3) is 0 Å². The molecule has 0 aliphatic heterocycles. The summed E-state index contributed by atoms with van der Waals surface area (Å²) in [6.45, 7) is -0.258. The largest absolute Gasteiger partial charge is 0.492 e. The van der Waals surface area contributed by atoms with E-state index in [-0.39, 0.29) is 6.54 Å². The first-order chi connectivity index (χ1) is 10.8. The molecule has 0 bridgehead atoms. The number of hydrogen-bond donors (Lipinski definition) is 1. The van der Waals surface area contributed by atoms with Gasteiger partial charge in [-0.15, -0.1) is 0 Å². The Kier molecular flexibility index (Phi) is 4.90. The fourth-order valence-electron chi connectivity index (χ4n) is 1.86. The van der Waals surface area contributed by atoms with Crippen molar-refractivity contribution in [3.05, 3.63) is 59.2 Å². The topological polar surface area (TPSA) is 55.4 Å². The Morgan fingerprint density at radius 3 is 2.09 bits per heavy atom. The molecule has 2 aromatic carbocycles.